The molecule has 0 radical (unpaired) electrons. The number of ether oxygens (including phenoxy) is 1. The van der Waals surface area contributed by atoms with Gasteiger partial charge in [-0.15, -0.1) is 0 Å². The molecule has 1 aromatic heterocycles. The summed E-state index contributed by atoms with van der Waals surface area (Å²) in [6, 6.07) is 5.75. The first-order valence-corrected chi connectivity index (χ1v) is 10.5. The van der Waals surface area contributed by atoms with Crippen LogP contribution in [0.2, 0.25) is 0 Å². The highest BCUT2D eigenvalue weighted by Gasteiger charge is 2.21. The third-order valence-electron chi connectivity index (χ3n) is 5.49. The van der Waals surface area contributed by atoms with E-state index in [2.05, 4.69) is 21.3 Å². The van der Waals surface area contributed by atoms with Gasteiger partial charge >= 0.3 is 6.03 Å². The van der Waals surface area contributed by atoms with Crippen LogP contribution < -0.4 is 10.2 Å². The number of aromatic nitrogens is 1. The van der Waals surface area contributed by atoms with Crippen LogP contribution in [0.3, 0.4) is 0 Å². The fourth-order valence-electron chi connectivity index (χ4n) is 3.93. The molecule has 7 nitrogen and oxygen atoms in total. The number of nitrogens with one attached hydrogen (secondary N) is 1. The highest BCUT2D eigenvalue weighted by Crippen LogP contribution is 2.20. The molecule has 2 fully saturated rings. The number of pyridine rings is 1. The third-order valence-corrected chi connectivity index (χ3v) is 5.49. The molecular weight excluding hydrogens is 354 g/mol. The van der Waals surface area contributed by atoms with Crippen molar-refractivity contribution in [2.75, 3.05) is 44.2 Å². The number of hydrogen-bond donors (Lipinski definition) is 1. The van der Waals surface area contributed by atoms with Crippen LogP contribution >= 0.6 is 0 Å². The molecule has 152 valence electrons. The van der Waals surface area contributed by atoms with Gasteiger partial charge in [-0.2, -0.15) is 5.26 Å². The summed E-state index contributed by atoms with van der Waals surface area (Å²) in [5, 5.41) is 12.3. The molecule has 0 unspecified atom stereocenters. The predicted octanol–water partition coefficient (Wildman–Crippen LogP) is 2.91. The van der Waals surface area contributed by atoms with Crippen LogP contribution in [0.5, 0.6) is 0 Å². The van der Waals surface area contributed by atoms with Crippen molar-refractivity contribution in [3.8, 4) is 6.07 Å². The summed E-state index contributed by atoms with van der Waals surface area (Å²) in [5.74, 6) is 0.715. The standard InChI is InChI=1S/C21H31N5O2/c22-17-18-7-4-10-23-20(18)25-12-6-13-26(15-14-25)21(27)24-11-5-16-28-19-8-2-1-3-9-19/h4,7,10,19H,1-3,5-6,8-9,11-16H2,(H,24,27). The predicted molar refractivity (Wildman–Crippen MR) is 108 cm³/mol. The van der Waals surface area contributed by atoms with Gasteiger partial charge in [-0.3, -0.25) is 0 Å². The van der Waals surface area contributed by atoms with E-state index < -0.39 is 0 Å². The number of carbonyl (C=O) groups is 1. The third kappa shape index (κ3) is 5.83. The lowest BCUT2D eigenvalue weighted by molar-refractivity contribution is 0.0274. The molecule has 1 saturated carbocycles. The molecule has 1 saturated heterocycles. The molecule has 0 aromatic carbocycles. The minimum absolute atomic E-state index is 0.0129. The lowest BCUT2D eigenvalue weighted by atomic mass is 9.98. The number of amides is 2. The van der Waals surface area contributed by atoms with Crippen molar-refractivity contribution in [1.82, 2.24) is 15.2 Å². The van der Waals surface area contributed by atoms with E-state index >= 15 is 0 Å². The zero-order valence-corrected chi connectivity index (χ0v) is 16.6. The molecule has 28 heavy (non-hydrogen) atoms. The van der Waals surface area contributed by atoms with E-state index in [0.29, 0.717) is 37.1 Å². The van der Waals surface area contributed by atoms with Gasteiger partial charge in [-0.05, 0) is 37.8 Å². The first-order chi connectivity index (χ1) is 13.8. The first kappa shape index (κ1) is 20.4. The van der Waals surface area contributed by atoms with Crippen molar-refractivity contribution >= 4 is 11.8 Å². The van der Waals surface area contributed by atoms with Gasteiger partial charge in [0.05, 0.1) is 11.7 Å². The smallest absolute Gasteiger partial charge is 0.317 e. The molecule has 2 heterocycles. The molecule has 7 heteroatoms. The van der Waals surface area contributed by atoms with E-state index in [1.165, 1.54) is 32.1 Å². The Kier molecular flexibility index (Phi) is 7.92. The molecule has 1 N–H and O–H groups in total. The van der Waals surface area contributed by atoms with Gasteiger partial charge in [0.25, 0.3) is 0 Å². The average Bonchev–Trinajstić information content (AvgIpc) is 3.00. The van der Waals surface area contributed by atoms with Crippen LogP contribution in [0.1, 0.15) is 50.5 Å². The summed E-state index contributed by atoms with van der Waals surface area (Å²) in [6.07, 6.45) is 10.1. The quantitative estimate of drug-likeness (QED) is 0.762. The normalized spacial score (nSPS) is 18.4. The van der Waals surface area contributed by atoms with Crippen LogP contribution in [0.25, 0.3) is 0 Å². The summed E-state index contributed by atoms with van der Waals surface area (Å²) in [4.78, 5) is 20.8. The fourth-order valence-corrected chi connectivity index (χ4v) is 3.93. The number of anilines is 1. The van der Waals surface area contributed by atoms with Crippen molar-refractivity contribution in [3.05, 3.63) is 23.9 Å². The number of carbonyl (C=O) groups excluding carboxylic acids is 1. The van der Waals surface area contributed by atoms with Crippen LogP contribution in [0.15, 0.2) is 18.3 Å². The largest absolute Gasteiger partial charge is 0.378 e. The SMILES string of the molecule is N#Cc1cccnc1N1CCCN(C(=O)NCCCOC2CCCCC2)CC1. The molecule has 1 aromatic rings. The maximum absolute atomic E-state index is 12.5. The molecular formula is C21H31N5O2. The van der Waals surface area contributed by atoms with Crippen molar-refractivity contribution in [2.45, 2.75) is 51.0 Å². The van der Waals surface area contributed by atoms with Gasteiger partial charge in [0.2, 0.25) is 0 Å². The highest BCUT2D eigenvalue weighted by atomic mass is 16.5. The topological polar surface area (TPSA) is 81.5 Å². The summed E-state index contributed by atoms with van der Waals surface area (Å²) in [6.45, 7) is 4.19. The Hall–Kier alpha value is -2.33. The summed E-state index contributed by atoms with van der Waals surface area (Å²) < 4.78 is 5.91. The molecule has 0 atom stereocenters. The van der Waals surface area contributed by atoms with E-state index in [1.54, 1.807) is 18.3 Å². The van der Waals surface area contributed by atoms with Crippen molar-refractivity contribution in [2.24, 2.45) is 0 Å². The number of hydrogen-bond acceptors (Lipinski definition) is 5. The average molecular weight is 386 g/mol. The number of nitriles is 1. The Morgan fingerprint density at radius 3 is 2.89 bits per heavy atom. The minimum atomic E-state index is -0.0129. The molecule has 1 aliphatic heterocycles. The molecule has 0 spiro atoms. The second kappa shape index (κ2) is 10.9. The van der Waals surface area contributed by atoms with Gasteiger partial charge in [-0.25, -0.2) is 9.78 Å². The Morgan fingerprint density at radius 1 is 1.21 bits per heavy atom. The Bertz CT molecular complexity index is 669. The van der Waals surface area contributed by atoms with Crippen LogP contribution in [0.4, 0.5) is 10.6 Å². The zero-order chi connectivity index (χ0) is 19.6. The fraction of sp³-hybridized carbons (Fsp3) is 0.667. The second-order valence-corrected chi connectivity index (χ2v) is 7.53. The number of urea groups is 1. The number of nitrogens with zero attached hydrogens (tertiary/aromatic N) is 4. The lowest BCUT2D eigenvalue weighted by Crippen LogP contribution is -2.42. The van der Waals surface area contributed by atoms with E-state index in [9.17, 15) is 10.1 Å². The van der Waals surface area contributed by atoms with Gasteiger partial charge in [-0.1, -0.05) is 19.3 Å². The molecule has 2 aliphatic rings. The minimum Gasteiger partial charge on any atom is -0.378 e. The summed E-state index contributed by atoms with van der Waals surface area (Å²) >= 11 is 0. The van der Waals surface area contributed by atoms with Crippen molar-refractivity contribution in [1.29, 1.82) is 5.26 Å². The van der Waals surface area contributed by atoms with E-state index in [0.717, 1.165) is 32.5 Å². The molecule has 2 amide bonds. The Balaban J connectivity index is 1.37. The molecule has 0 bridgehead atoms. The van der Waals surface area contributed by atoms with Crippen molar-refractivity contribution < 1.29 is 9.53 Å². The van der Waals surface area contributed by atoms with E-state index in [1.807, 2.05) is 4.90 Å². The van der Waals surface area contributed by atoms with Crippen LogP contribution in [-0.4, -0.2) is 61.3 Å². The van der Waals surface area contributed by atoms with Gasteiger partial charge in [0.1, 0.15) is 11.9 Å². The second-order valence-electron chi connectivity index (χ2n) is 7.53. The highest BCUT2D eigenvalue weighted by molar-refractivity contribution is 5.74. The van der Waals surface area contributed by atoms with Gasteiger partial charge in [0, 0.05) is 45.5 Å². The molecule has 1 aliphatic carbocycles. The zero-order valence-electron chi connectivity index (χ0n) is 16.6. The lowest BCUT2D eigenvalue weighted by Gasteiger charge is -2.24. The van der Waals surface area contributed by atoms with Crippen molar-refractivity contribution in [3.63, 3.8) is 0 Å². The Morgan fingerprint density at radius 2 is 2.07 bits per heavy atom. The molecule has 3 rings (SSSR count). The van der Waals surface area contributed by atoms with E-state index in [4.69, 9.17) is 4.74 Å². The van der Waals surface area contributed by atoms with Crippen LogP contribution in [0, 0.1) is 11.3 Å². The number of rotatable bonds is 6. The van der Waals surface area contributed by atoms with E-state index in [-0.39, 0.29) is 6.03 Å². The van der Waals surface area contributed by atoms with Gasteiger partial charge < -0.3 is 19.9 Å². The summed E-state index contributed by atoms with van der Waals surface area (Å²) in [7, 11) is 0. The Labute approximate surface area is 167 Å². The monoisotopic (exact) mass is 385 g/mol. The maximum Gasteiger partial charge on any atom is 0.317 e. The van der Waals surface area contributed by atoms with Gasteiger partial charge in [0.15, 0.2) is 0 Å². The van der Waals surface area contributed by atoms with Crippen LogP contribution in [-0.2, 0) is 4.74 Å². The maximum atomic E-state index is 12.5. The first-order valence-electron chi connectivity index (χ1n) is 10.5. The summed E-state index contributed by atoms with van der Waals surface area (Å²) in [5.41, 5.74) is 0.582.